The summed E-state index contributed by atoms with van der Waals surface area (Å²) in [5.41, 5.74) is 5.62. The Kier molecular flexibility index (Phi) is 8.38. The van der Waals surface area contributed by atoms with Crippen LogP contribution in [0.5, 0.6) is 0 Å². The van der Waals surface area contributed by atoms with Crippen molar-refractivity contribution in [1.82, 2.24) is 0 Å². The van der Waals surface area contributed by atoms with Gasteiger partial charge in [-0.15, -0.1) is 0 Å². The number of ether oxygens (including phenoxy) is 1. The maximum absolute atomic E-state index is 11.5. The number of hydrogen-bond donors (Lipinski definition) is 1. The summed E-state index contributed by atoms with van der Waals surface area (Å²) in [4.78, 5) is 11.5. The zero-order valence-corrected chi connectivity index (χ0v) is 10.3. The molecule has 3 heteroatoms. The summed E-state index contributed by atoms with van der Waals surface area (Å²) in [5, 5.41) is 0. The Labute approximate surface area is 93.4 Å². The summed E-state index contributed by atoms with van der Waals surface area (Å²) in [6.45, 7) is 6.14. The molecule has 0 aliphatic heterocycles. The van der Waals surface area contributed by atoms with Crippen molar-refractivity contribution in [1.29, 1.82) is 0 Å². The molecule has 2 N–H and O–H groups in total. The van der Waals surface area contributed by atoms with Crippen LogP contribution in [0.2, 0.25) is 0 Å². The van der Waals surface area contributed by atoms with Gasteiger partial charge in [0.2, 0.25) is 0 Å². The number of carbonyl (C=O) groups excluding carboxylic acids is 1. The standard InChI is InChI=1S/C12H25NO2/c1-4-7-9-10(8-5-2)15-12(14)11(13)6-3/h10-11H,4-9,13H2,1-3H3. The first kappa shape index (κ1) is 14.4. The van der Waals surface area contributed by atoms with Gasteiger partial charge in [-0.1, -0.05) is 40.0 Å². The lowest BCUT2D eigenvalue weighted by atomic mass is 10.1. The van der Waals surface area contributed by atoms with E-state index in [-0.39, 0.29) is 12.1 Å². The fraction of sp³-hybridized carbons (Fsp3) is 0.917. The highest BCUT2D eigenvalue weighted by Crippen LogP contribution is 2.12. The Balaban J connectivity index is 3.97. The van der Waals surface area contributed by atoms with E-state index in [1.807, 2.05) is 6.92 Å². The van der Waals surface area contributed by atoms with Gasteiger partial charge in [0.05, 0.1) is 0 Å². The van der Waals surface area contributed by atoms with Crippen LogP contribution in [0.25, 0.3) is 0 Å². The van der Waals surface area contributed by atoms with Crippen LogP contribution in [0.4, 0.5) is 0 Å². The van der Waals surface area contributed by atoms with Gasteiger partial charge in [0.25, 0.3) is 0 Å². The van der Waals surface area contributed by atoms with Gasteiger partial charge >= 0.3 is 5.97 Å². The number of esters is 1. The largest absolute Gasteiger partial charge is 0.461 e. The molecule has 0 amide bonds. The van der Waals surface area contributed by atoms with Crippen LogP contribution >= 0.6 is 0 Å². The number of nitrogens with two attached hydrogens (primary N) is 1. The smallest absolute Gasteiger partial charge is 0.323 e. The zero-order valence-electron chi connectivity index (χ0n) is 10.3. The molecule has 0 aromatic heterocycles. The molecule has 0 saturated heterocycles. The fourth-order valence-electron chi connectivity index (χ4n) is 1.43. The lowest BCUT2D eigenvalue weighted by Gasteiger charge is -2.19. The normalized spacial score (nSPS) is 14.7. The van der Waals surface area contributed by atoms with Gasteiger partial charge in [-0.3, -0.25) is 4.79 Å². The third-order valence-corrected chi connectivity index (χ3v) is 2.52. The molecule has 0 bridgehead atoms. The molecular formula is C12H25NO2. The van der Waals surface area contributed by atoms with E-state index < -0.39 is 6.04 Å². The fourth-order valence-corrected chi connectivity index (χ4v) is 1.43. The van der Waals surface area contributed by atoms with Gasteiger partial charge in [-0.25, -0.2) is 0 Å². The molecular weight excluding hydrogens is 190 g/mol. The highest BCUT2D eigenvalue weighted by Gasteiger charge is 2.17. The Morgan fingerprint density at radius 1 is 1.20 bits per heavy atom. The lowest BCUT2D eigenvalue weighted by molar-refractivity contribution is -0.151. The summed E-state index contributed by atoms with van der Waals surface area (Å²) in [6, 6.07) is -0.453. The first-order chi connectivity index (χ1) is 7.15. The Morgan fingerprint density at radius 2 is 1.87 bits per heavy atom. The highest BCUT2D eigenvalue weighted by atomic mass is 16.5. The average Bonchev–Trinajstić information content (AvgIpc) is 2.24. The van der Waals surface area contributed by atoms with Crippen molar-refractivity contribution in [2.24, 2.45) is 5.73 Å². The van der Waals surface area contributed by atoms with E-state index in [1.165, 1.54) is 0 Å². The van der Waals surface area contributed by atoms with Crippen LogP contribution in [0, 0.1) is 0 Å². The van der Waals surface area contributed by atoms with Crippen LogP contribution in [-0.2, 0) is 9.53 Å². The average molecular weight is 215 g/mol. The molecule has 0 rings (SSSR count). The van der Waals surface area contributed by atoms with Gasteiger partial charge in [0.1, 0.15) is 12.1 Å². The minimum atomic E-state index is -0.453. The van der Waals surface area contributed by atoms with Crippen LogP contribution in [0.1, 0.15) is 59.3 Å². The molecule has 0 aromatic carbocycles. The van der Waals surface area contributed by atoms with Crippen molar-refractivity contribution < 1.29 is 9.53 Å². The second kappa shape index (κ2) is 8.72. The van der Waals surface area contributed by atoms with Gasteiger partial charge in [-0.2, -0.15) is 0 Å². The maximum atomic E-state index is 11.5. The monoisotopic (exact) mass is 215 g/mol. The minimum absolute atomic E-state index is 0.0695. The predicted octanol–water partition coefficient (Wildman–Crippen LogP) is 2.63. The molecule has 0 spiro atoms. The SMILES string of the molecule is CCCCC(CCC)OC(=O)C(N)CC. The summed E-state index contributed by atoms with van der Waals surface area (Å²) >= 11 is 0. The van der Waals surface area contributed by atoms with Crippen molar-refractivity contribution in [2.75, 3.05) is 0 Å². The van der Waals surface area contributed by atoms with E-state index >= 15 is 0 Å². The van der Waals surface area contributed by atoms with E-state index in [0.29, 0.717) is 6.42 Å². The Morgan fingerprint density at radius 3 is 2.33 bits per heavy atom. The first-order valence-electron chi connectivity index (χ1n) is 6.11. The minimum Gasteiger partial charge on any atom is -0.461 e. The molecule has 15 heavy (non-hydrogen) atoms. The van der Waals surface area contributed by atoms with Crippen LogP contribution in [0.15, 0.2) is 0 Å². The maximum Gasteiger partial charge on any atom is 0.323 e. The molecule has 2 atom stereocenters. The van der Waals surface area contributed by atoms with Gasteiger partial charge in [-0.05, 0) is 19.3 Å². The lowest BCUT2D eigenvalue weighted by Crippen LogP contribution is -2.34. The van der Waals surface area contributed by atoms with Crippen molar-refractivity contribution in [3.63, 3.8) is 0 Å². The summed E-state index contributed by atoms with van der Waals surface area (Å²) in [6.07, 6.45) is 5.92. The van der Waals surface area contributed by atoms with Crippen LogP contribution in [0.3, 0.4) is 0 Å². The number of unbranched alkanes of at least 4 members (excludes halogenated alkanes) is 1. The first-order valence-corrected chi connectivity index (χ1v) is 6.11. The topological polar surface area (TPSA) is 52.3 Å². The van der Waals surface area contributed by atoms with E-state index in [1.54, 1.807) is 0 Å². The van der Waals surface area contributed by atoms with E-state index in [4.69, 9.17) is 10.5 Å². The van der Waals surface area contributed by atoms with Crippen molar-refractivity contribution in [2.45, 2.75) is 71.4 Å². The van der Waals surface area contributed by atoms with Crippen LogP contribution < -0.4 is 5.73 Å². The van der Waals surface area contributed by atoms with Crippen molar-refractivity contribution in [3.05, 3.63) is 0 Å². The molecule has 0 saturated carbocycles. The van der Waals surface area contributed by atoms with Gasteiger partial charge in [0, 0.05) is 0 Å². The second-order valence-corrected chi connectivity index (χ2v) is 4.00. The van der Waals surface area contributed by atoms with E-state index in [9.17, 15) is 4.79 Å². The van der Waals surface area contributed by atoms with Crippen molar-refractivity contribution >= 4 is 5.97 Å². The zero-order chi connectivity index (χ0) is 11.7. The van der Waals surface area contributed by atoms with Crippen molar-refractivity contribution in [3.8, 4) is 0 Å². The molecule has 2 unspecified atom stereocenters. The number of carbonyl (C=O) groups is 1. The van der Waals surface area contributed by atoms with Crippen LogP contribution in [-0.4, -0.2) is 18.1 Å². The summed E-state index contributed by atoms with van der Waals surface area (Å²) < 4.78 is 5.38. The number of rotatable bonds is 8. The number of hydrogen-bond acceptors (Lipinski definition) is 3. The third-order valence-electron chi connectivity index (χ3n) is 2.52. The predicted molar refractivity (Wildman–Crippen MR) is 62.6 cm³/mol. The van der Waals surface area contributed by atoms with Gasteiger partial charge < -0.3 is 10.5 Å². The quantitative estimate of drug-likeness (QED) is 0.633. The van der Waals surface area contributed by atoms with Gasteiger partial charge in [0.15, 0.2) is 0 Å². The second-order valence-electron chi connectivity index (χ2n) is 4.00. The van der Waals surface area contributed by atoms with E-state index in [0.717, 1.165) is 32.1 Å². The summed E-state index contributed by atoms with van der Waals surface area (Å²) in [5.74, 6) is -0.243. The highest BCUT2D eigenvalue weighted by molar-refractivity contribution is 5.75. The molecule has 90 valence electrons. The molecule has 0 heterocycles. The third kappa shape index (κ3) is 6.50. The molecule has 0 fully saturated rings. The molecule has 0 aliphatic rings. The molecule has 0 aromatic rings. The Bertz CT molecular complexity index is 171. The molecule has 0 aliphatic carbocycles. The molecule has 0 radical (unpaired) electrons. The summed E-state index contributed by atoms with van der Waals surface area (Å²) in [7, 11) is 0. The van der Waals surface area contributed by atoms with E-state index in [2.05, 4.69) is 13.8 Å². The Hall–Kier alpha value is -0.570. The molecule has 3 nitrogen and oxygen atoms in total.